The lowest BCUT2D eigenvalue weighted by Crippen LogP contribution is -2.29. The number of rotatable bonds is 7. The molecule has 0 bridgehead atoms. The molecule has 0 heterocycles. The summed E-state index contributed by atoms with van der Waals surface area (Å²) >= 11 is 4.89. The first-order valence-corrected chi connectivity index (χ1v) is 6.17. The van der Waals surface area contributed by atoms with Gasteiger partial charge >= 0.3 is 0 Å². The first-order valence-electron chi connectivity index (χ1n) is 5.77. The molecule has 0 fully saturated rings. The van der Waals surface area contributed by atoms with Crippen molar-refractivity contribution in [3.63, 3.8) is 0 Å². The van der Waals surface area contributed by atoms with Crippen molar-refractivity contribution in [2.75, 3.05) is 19.6 Å². The van der Waals surface area contributed by atoms with Crippen molar-refractivity contribution in [1.82, 2.24) is 4.90 Å². The summed E-state index contributed by atoms with van der Waals surface area (Å²) < 4.78 is 0. The van der Waals surface area contributed by atoms with Gasteiger partial charge in [0.05, 0.1) is 4.99 Å². The van der Waals surface area contributed by atoms with E-state index in [2.05, 4.69) is 36.1 Å². The van der Waals surface area contributed by atoms with Gasteiger partial charge in [-0.3, -0.25) is 0 Å². The van der Waals surface area contributed by atoms with Crippen LogP contribution in [0, 0.1) is 0 Å². The minimum Gasteiger partial charge on any atom is -0.393 e. The summed E-state index contributed by atoms with van der Waals surface area (Å²) in [4.78, 5) is 2.99. The highest BCUT2D eigenvalue weighted by atomic mass is 32.1. The molecule has 1 aromatic rings. The SMILES string of the molecule is CCN(CCC(N)=S)CCc1ccccc1. The predicted molar refractivity (Wildman–Crippen MR) is 73.7 cm³/mol. The Hall–Kier alpha value is -0.930. The van der Waals surface area contributed by atoms with E-state index in [0.717, 1.165) is 32.5 Å². The summed E-state index contributed by atoms with van der Waals surface area (Å²) in [5, 5.41) is 0. The molecule has 0 saturated carbocycles. The Morgan fingerprint density at radius 3 is 2.50 bits per heavy atom. The first-order chi connectivity index (χ1) is 7.72. The quantitative estimate of drug-likeness (QED) is 0.736. The maximum absolute atomic E-state index is 5.51. The Balaban J connectivity index is 2.31. The van der Waals surface area contributed by atoms with Gasteiger partial charge in [0.25, 0.3) is 0 Å². The number of likely N-dealkylation sites (N-methyl/N-ethyl adjacent to an activating group) is 1. The van der Waals surface area contributed by atoms with Gasteiger partial charge in [0, 0.05) is 19.5 Å². The van der Waals surface area contributed by atoms with Crippen molar-refractivity contribution in [2.45, 2.75) is 19.8 Å². The molecule has 0 aliphatic carbocycles. The van der Waals surface area contributed by atoms with Crippen LogP contribution in [0.3, 0.4) is 0 Å². The monoisotopic (exact) mass is 236 g/mol. The molecular weight excluding hydrogens is 216 g/mol. The van der Waals surface area contributed by atoms with Crippen LogP contribution in [0.1, 0.15) is 18.9 Å². The molecule has 0 atom stereocenters. The normalized spacial score (nSPS) is 10.6. The molecule has 3 heteroatoms. The molecule has 0 spiro atoms. The predicted octanol–water partition coefficient (Wildman–Crippen LogP) is 2.23. The number of nitrogens with zero attached hydrogens (tertiary/aromatic N) is 1. The molecule has 0 aliphatic rings. The van der Waals surface area contributed by atoms with Gasteiger partial charge in [-0.25, -0.2) is 0 Å². The Morgan fingerprint density at radius 1 is 1.25 bits per heavy atom. The number of nitrogens with two attached hydrogens (primary N) is 1. The number of hydrogen-bond acceptors (Lipinski definition) is 2. The molecule has 88 valence electrons. The van der Waals surface area contributed by atoms with E-state index in [0.29, 0.717) is 4.99 Å². The van der Waals surface area contributed by atoms with E-state index in [4.69, 9.17) is 18.0 Å². The second-order valence-electron chi connectivity index (χ2n) is 3.89. The van der Waals surface area contributed by atoms with Gasteiger partial charge in [0.2, 0.25) is 0 Å². The Morgan fingerprint density at radius 2 is 1.94 bits per heavy atom. The highest BCUT2D eigenvalue weighted by Gasteiger charge is 2.03. The van der Waals surface area contributed by atoms with Crippen LogP contribution in [0.5, 0.6) is 0 Å². The van der Waals surface area contributed by atoms with E-state index >= 15 is 0 Å². The van der Waals surface area contributed by atoms with Crippen LogP contribution in [0.4, 0.5) is 0 Å². The highest BCUT2D eigenvalue weighted by molar-refractivity contribution is 7.80. The van der Waals surface area contributed by atoms with Crippen LogP contribution in [0.25, 0.3) is 0 Å². The average molecular weight is 236 g/mol. The van der Waals surface area contributed by atoms with Gasteiger partial charge in [0.1, 0.15) is 0 Å². The van der Waals surface area contributed by atoms with Crippen LogP contribution in [0.2, 0.25) is 0 Å². The van der Waals surface area contributed by atoms with Gasteiger partial charge in [-0.15, -0.1) is 0 Å². The van der Waals surface area contributed by atoms with Crippen LogP contribution in [0.15, 0.2) is 30.3 Å². The number of thiocarbonyl (C=S) groups is 1. The summed E-state index contributed by atoms with van der Waals surface area (Å²) in [7, 11) is 0. The topological polar surface area (TPSA) is 29.3 Å². The van der Waals surface area contributed by atoms with E-state index in [-0.39, 0.29) is 0 Å². The standard InChI is InChI=1S/C13H20N2S/c1-2-15(11-9-13(14)16)10-8-12-6-4-3-5-7-12/h3-7H,2,8-11H2,1H3,(H2,14,16). The van der Waals surface area contributed by atoms with E-state index in [1.54, 1.807) is 0 Å². The third kappa shape index (κ3) is 5.24. The second-order valence-corrected chi connectivity index (χ2v) is 4.41. The molecule has 1 aromatic carbocycles. The Kier molecular flexibility index (Phi) is 6.04. The van der Waals surface area contributed by atoms with Crippen LogP contribution in [-0.4, -0.2) is 29.5 Å². The molecule has 1 rings (SSSR count). The van der Waals surface area contributed by atoms with E-state index in [1.165, 1.54) is 5.56 Å². The molecule has 0 aromatic heterocycles. The Bertz CT molecular complexity index is 311. The van der Waals surface area contributed by atoms with Gasteiger partial charge in [0.15, 0.2) is 0 Å². The first kappa shape index (κ1) is 13.1. The molecule has 0 unspecified atom stereocenters. The second kappa shape index (κ2) is 7.36. The van der Waals surface area contributed by atoms with Crippen molar-refractivity contribution in [3.05, 3.63) is 35.9 Å². The zero-order chi connectivity index (χ0) is 11.8. The molecule has 16 heavy (non-hydrogen) atoms. The minimum atomic E-state index is 0.609. The third-order valence-corrected chi connectivity index (χ3v) is 2.89. The van der Waals surface area contributed by atoms with Gasteiger partial charge in [-0.1, -0.05) is 49.5 Å². The maximum atomic E-state index is 5.51. The van der Waals surface area contributed by atoms with Crippen molar-refractivity contribution in [3.8, 4) is 0 Å². The molecule has 0 radical (unpaired) electrons. The van der Waals surface area contributed by atoms with E-state index < -0.39 is 0 Å². The van der Waals surface area contributed by atoms with Crippen molar-refractivity contribution < 1.29 is 0 Å². The van der Waals surface area contributed by atoms with Crippen LogP contribution < -0.4 is 5.73 Å². The number of hydrogen-bond donors (Lipinski definition) is 1. The third-order valence-electron chi connectivity index (χ3n) is 2.68. The van der Waals surface area contributed by atoms with E-state index in [1.807, 2.05) is 6.07 Å². The summed E-state index contributed by atoms with van der Waals surface area (Å²) in [6, 6.07) is 10.6. The zero-order valence-electron chi connectivity index (χ0n) is 9.86. The molecule has 0 saturated heterocycles. The maximum Gasteiger partial charge on any atom is 0.0740 e. The molecule has 2 nitrogen and oxygen atoms in total. The van der Waals surface area contributed by atoms with Crippen molar-refractivity contribution in [2.24, 2.45) is 5.73 Å². The lowest BCUT2D eigenvalue weighted by atomic mass is 10.1. The Labute approximate surface area is 103 Å². The average Bonchev–Trinajstić information content (AvgIpc) is 2.30. The lowest BCUT2D eigenvalue weighted by Gasteiger charge is -2.19. The summed E-state index contributed by atoms with van der Waals surface area (Å²) in [5.41, 5.74) is 6.89. The molecule has 0 amide bonds. The summed E-state index contributed by atoms with van der Waals surface area (Å²) in [6.45, 7) is 5.27. The fourth-order valence-corrected chi connectivity index (χ4v) is 1.72. The van der Waals surface area contributed by atoms with Gasteiger partial charge in [-0.05, 0) is 18.5 Å². The van der Waals surface area contributed by atoms with Crippen LogP contribution in [-0.2, 0) is 6.42 Å². The zero-order valence-corrected chi connectivity index (χ0v) is 10.7. The molecule has 0 aliphatic heterocycles. The van der Waals surface area contributed by atoms with Gasteiger partial charge < -0.3 is 10.6 Å². The number of benzene rings is 1. The fourth-order valence-electron chi connectivity index (χ4n) is 1.63. The minimum absolute atomic E-state index is 0.609. The fraction of sp³-hybridized carbons (Fsp3) is 0.462. The molecular formula is C13H20N2S. The van der Waals surface area contributed by atoms with Crippen LogP contribution >= 0.6 is 12.2 Å². The highest BCUT2D eigenvalue weighted by Crippen LogP contribution is 2.02. The smallest absolute Gasteiger partial charge is 0.0740 e. The lowest BCUT2D eigenvalue weighted by molar-refractivity contribution is 0.300. The van der Waals surface area contributed by atoms with Gasteiger partial charge in [-0.2, -0.15) is 0 Å². The largest absolute Gasteiger partial charge is 0.393 e. The molecule has 2 N–H and O–H groups in total. The van der Waals surface area contributed by atoms with Crippen molar-refractivity contribution in [1.29, 1.82) is 0 Å². The van der Waals surface area contributed by atoms with E-state index in [9.17, 15) is 0 Å². The summed E-state index contributed by atoms with van der Waals surface area (Å²) in [6.07, 6.45) is 1.91. The summed E-state index contributed by atoms with van der Waals surface area (Å²) in [5.74, 6) is 0. The van der Waals surface area contributed by atoms with Crippen molar-refractivity contribution >= 4 is 17.2 Å².